The van der Waals surface area contributed by atoms with E-state index in [0.717, 1.165) is 19.3 Å². The standard InChI is InChI=1S/C23H33N/c1-8-9-12-20-13-10-11-14-21(20)16-23(19(6)7)24-22(18(4)5)15-17(2)3/h10-11,13-14,17,22-24H,4,6,12,15-16H2,1-3,5,7H3. The molecule has 0 saturated heterocycles. The number of hydrogen-bond donors (Lipinski definition) is 1. The maximum atomic E-state index is 4.21. The quantitative estimate of drug-likeness (QED) is 0.479. The van der Waals surface area contributed by atoms with Gasteiger partial charge in [0.15, 0.2) is 0 Å². The summed E-state index contributed by atoms with van der Waals surface area (Å²) in [6.07, 6.45) is 2.85. The van der Waals surface area contributed by atoms with E-state index in [0.29, 0.717) is 12.0 Å². The molecule has 0 aromatic heterocycles. The molecule has 24 heavy (non-hydrogen) atoms. The second kappa shape index (κ2) is 10.2. The first-order valence-corrected chi connectivity index (χ1v) is 8.88. The lowest BCUT2D eigenvalue weighted by Gasteiger charge is -2.28. The smallest absolute Gasteiger partial charge is 0.0342 e. The van der Waals surface area contributed by atoms with Crippen LogP contribution in [-0.4, -0.2) is 12.1 Å². The van der Waals surface area contributed by atoms with Crippen LogP contribution >= 0.6 is 0 Å². The Morgan fingerprint density at radius 3 is 2.12 bits per heavy atom. The molecule has 1 heteroatoms. The Morgan fingerprint density at radius 2 is 1.62 bits per heavy atom. The van der Waals surface area contributed by atoms with Crippen molar-refractivity contribution in [3.05, 3.63) is 59.7 Å². The summed E-state index contributed by atoms with van der Waals surface area (Å²) in [5.74, 6) is 6.82. The van der Waals surface area contributed by atoms with Crippen LogP contribution in [0.5, 0.6) is 0 Å². The van der Waals surface area contributed by atoms with Crippen molar-refractivity contribution in [2.75, 3.05) is 0 Å². The summed E-state index contributed by atoms with van der Waals surface area (Å²) in [5, 5.41) is 3.78. The van der Waals surface area contributed by atoms with Crippen LogP contribution in [0.25, 0.3) is 0 Å². The second-order valence-electron chi connectivity index (χ2n) is 7.17. The maximum Gasteiger partial charge on any atom is 0.0342 e. The van der Waals surface area contributed by atoms with Gasteiger partial charge >= 0.3 is 0 Å². The fourth-order valence-electron chi connectivity index (χ4n) is 2.83. The molecule has 0 amide bonds. The van der Waals surface area contributed by atoms with Crippen LogP contribution in [-0.2, 0) is 12.8 Å². The number of rotatable bonds is 9. The lowest BCUT2D eigenvalue weighted by molar-refractivity contribution is 0.423. The second-order valence-corrected chi connectivity index (χ2v) is 7.17. The van der Waals surface area contributed by atoms with Gasteiger partial charge in [-0.05, 0) is 50.7 Å². The Hall–Kier alpha value is -1.78. The molecule has 0 aliphatic rings. The van der Waals surface area contributed by atoms with Gasteiger partial charge in [-0.1, -0.05) is 68.3 Å². The van der Waals surface area contributed by atoms with Gasteiger partial charge in [-0.2, -0.15) is 0 Å². The minimum Gasteiger partial charge on any atom is -0.303 e. The first kappa shape index (κ1) is 20.3. The molecule has 2 atom stereocenters. The van der Waals surface area contributed by atoms with Crippen LogP contribution in [0.3, 0.4) is 0 Å². The monoisotopic (exact) mass is 323 g/mol. The Balaban J connectivity index is 2.95. The average molecular weight is 324 g/mol. The van der Waals surface area contributed by atoms with Crippen molar-refractivity contribution in [3.8, 4) is 11.8 Å². The summed E-state index contributed by atoms with van der Waals surface area (Å²) in [6, 6.07) is 9.17. The lowest BCUT2D eigenvalue weighted by atomic mass is 9.92. The molecule has 130 valence electrons. The lowest BCUT2D eigenvalue weighted by Crippen LogP contribution is -2.41. The van der Waals surface area contributed by atoms with Gasteiger partial charge < -0.3 is 5.32 Å². The zero-order valence-corrected chi connectivity index (χ0v) is 16.1. The maximum absolute atomic E-state index is 4.21. The highest BCUT2D eigenvalue weighted by atomic mass is 15.0. The zero-order chi connectivity index (χ0) is 18.1. The van der Waals surface area contributed by atoms with E-state index in [2.05, 4.69) is 82.3 Å². The van der Waals surface area contributed by atoms with Gasteiger partial charge in [0.1, 0.15) is 0 Å². The van der Waals surface area contributed by atoms with Gasteiger partial charge in [0.25, 0.3) is 0 Å². The predicted molar refractivity (Wildman–Crippen MR) is 107 cm³/mol. The normalized spacial score (nSPS) is 13.1. The van der Waals surface area contributed by atoms with Crippen molar-refractivity contribution >= 4 is 0 Å². The van der Waals surface area contributed by atoms with Gasteiger partial charge in [-0.3, -0.25) is 0 Å². The SMILES string of the molecule is C=C(C)C(Cc1ccccc1CC#CC)NC(CC(C)C)C(=C)C. The molecule has 2 unspecified atom stereocenters. The summed E-state index contributed by atoms with van der Waals surface area (Å²) < 4.78 is 0. The Kier molecular flexibility index (Phi) is 8.58. The van der Waals surface area contributed by atoms with Gasteiger partial charge in [0.05, 0.1) is 0 Å². The summed E-state index contributed by atoms with van der Waals surface area (Å²) in [4.78, 5) is 0. The summed E-state index contributed by atoms with van der Waals surface area (Å²) in [5.41, 5.74) is 5.03. The Morgan fingerprint density at radius 1 is 1.04 bits per heavy atom. The van der Waals surface area contributed by atoms with Crippen LogP contribution in [0.2, 0.25) is 0 Å². The number of nitrogens with one attached hydrogen (secondary N) is 1. The van der Waals surface area contributed by atoms with Crippen LogP contribution in [0.1, 0.15) is 52.2 Å². The zero-order valence-electron chi connectivity index (χ0n) is 16.1. The van der Waals surface area contributed by atoms with E-state index in [1.165, 1.54) is 22.3 Å². The van der Waals surface area contributed by atoms with Crippen molar-refractivity contribution < 1.29 is 0 Å². The van der Waals surface area contributed by atoms with Crippen molar-refractivity contribution in [2.24, 2.45) is 5.92 Å². The van der Waals surface area contributed by atoms with Crippen LogP contribution in [0.4, 0.5) is 0 Å². The molecule has 0 saturated carbocycles. The highest BCUT2D eigenvalue weighted by Gasteiger charge is 2.19. The van der Waals surface area contributed by atoms with Crippen molar-refractivity contribution in [1.82, 2.24) is 5.32 Å². The molecule has 0 heterocycles. The molecule has 0 radical (unpaired) electrons. The third-order valence-electron chi connectivity index (χ3n) is 4.30. The van der Waals surface area contributed by atoms with E-state index >= 15 is 0 Å². The molecule has 1 nitrogen and oxygen atoms in total. The van der Waals surface area contributed by atoms with Crippen LogP contribution in [0, 0.1) is 17.8 Å². The van der Waals surface area contributed by atoms with E-state index in [4.69, 9.17) is 0 Å². The molecule has 1 rings (SSSR count). The first-order valence-electron chi connectivity index (χ1n) is 8.88. The largest absolute Gasteiger partial charge is 0.303 e. The molecule has 1 N–H and O–H groups in total. The number of benzene rings is 1. The minimum absolute atomic E-state index is 0.251. The van der Waals surface area contributed by atoms with E-state index in [1.54, 1.807) is 0 Å². The third-order valence-corrected chi connectivity index (χ3v) is 4.30. The molecular formula is C23H33N. The van der Waals surface area contributed by atoms with E-state index in [1.807, 2.05) is 6.92 Å². The highest BCUT2D eigenvalue weighted by molar-refractivity contribution is 5.32. The van der Waals surface area contributed by atoms with Crippen molar-refractivity contribution in [1.29, 1.82) is 0 Å². The molecule has 1 aromatic carbocycles. The fourth-order valence-corrected chi connectivity index (χ4v) is 2.83. The minimum atomic E-state index is 0.251. The van der Waals surface area contributed by atoms with Crippen LogP contribution < -0.4 is 5.32 Å². The Bertz CT molecular complexity index is 612. The molecular weight excluding hydrogens is 290 g/mol. The van der Waals surface area contributed by atoms with Gasteiger partial charge in [-0.25, -0.2) is 0 Å². The van der Waals surface area contributed by atoms with Crippen molar-refractivity contribution in [3.63, 3.8) is 0 Å². The summed E-state index contributed by atoms with van der Waals surface area (Å²) in [6.45, 7) is 19.0. The van der Waals surface area contributed by atoms with Gasteiger partial charge in [-0.15, -0.1) is 5.92 Å². The summed E-state index contributed by atoms with van der Waals surface area (Å²) in [7, 11) is 0. The van der Waals surface area contributed by atoms with Crippen molar-refractivity contribution in [2.45, 2.75) is 66.0 Å². The van der Waals surface area contributed by atoms with E-state index in [-0.39, 0.29) is 6.04 Å². The number of hydrogen-bond acceptors (Lipinski definition) is 1. The first-order chi connectivity index (χ1) is 11.3. The summed E-state index contributed by atoms with van der Waals surface area (Å²) >= 11 is 0. The molecule has 0 aliphatic heterocycles. The van der Waals surface area contributed by atoms with Gasteiger partial charge in [0, 0.05) is 18.5 Å². The molecule has 0 aliphatic carbocycles. The fraction of sp³-hybridized carbons (Fsp3) is 0.478. The highest BCUT2D eigenvalue weighted by Crippen LogP contribution is 2.18. The Labute approximate surface area is 149 Å². The van der Waals surface area contributed by atoms with E-state index < -0.39 is 0 Å². The molecule has 0 fully saturated rings. The average Bonchev–Trinajstić information content (AvgIpc) is 2.51. The van der Waals surface area contributed by atoms with E-state index in [9.17, 15) is 0 Å². The topological polar surface area (TPSA) is 12.0 Å². The molecule has 0 bridgehead atoms. The third kappa shape index (κ3) is 6.77. The van der Waals surface area contributed by atoms with Gasteiger partial charge in [0.2, 0.25) is 0 Å². The molecule has 1 aromatic rings. The predicted octanol–water partition coefficient (Wildman–Crippen LogP) is 5.32. The molecule has 0 spiro atoms. The van der Waals surface area contributed by atoms with Crippen LogP contribution in [0.15, 0.2) is 48.6 Å².